The summed E-state index contributed by atoms with van der Waals surface area (Å²) in [7, 11) is 4.02. The van der Waals surface area contributed by atoms with Gasteiger partial charge >= 0.3 is 0 Å². The molecule has 1 atom stereocenters. The summed E-state index contributed by atoms with van der Waals surface area (Å²) < 4.78 is 0. The third-order valence-electron chi connectivity index (χ3n) is 4.05. The van der Waals surface area contributed by atoms with Gasteiger partial charge in [0.2, 0.25) is 5.91 Å². The van der Waals surface area contributed by atoms with E-state index in [4.69, 9.17) is 4.98 Å². The SMILES string of the molecule is CN(C)CCNC(=O)C1CCc2nc(-c3ccccn3)sc2C1. The average Bonchev–Trinajstić information content (AvgIpc) is 2.98. The molecular weight excluding hydrogens is 308 g/mol. The van der Waals surface area contributed by atoms with Crippen LogP contribution < -0.4 is 5.32 Å². The van der Waals surface area contributed by atoms with E-state index in [-0.39, 0.29) is 11.8 Å². The van der Waals surface area contributed by atoms with E-state index in [1.54, 1.807) is 17.5 Å². The third-order valence-corrected chi connectivity index (χ3v) is 5.20. The number of likely N-dealkylation sites (N-methyl/N-ethyl adjacent to an activating group) is 1. The number of thiazole rings is 1. The molecule has 0 aliphatic heterocycles. The molecule has 0 aromatic carbocycles. The lowest BCUT2D eigenvalue weighted by Gasteiger charge is -2.21. The van der Waals surface area contributed by atoms with Crippen molar-refractivity contribution < 1.29 is 4.79 Å². The van der Waals surface area contributed by atoms with Crippen LogP contribution in [-0.4, -0.2) is 48.0 Å². The minimum atomic E-state index is 0.0710. The maximum absolute atomic E-state index is 12.3. The Hall–Kier alpha value is -1.79. The molecular formula is C17H22N4OS. The van der Waals surface area contributed by atoms with Crippen LogP contribution in [0.25, 0.3) is 10.7 Å². The summed E-state index contributed by atoms with van der Waals surface area (Å²) in [4.78, 5) is 24.7. The Morgan fingerprint density at radius 1 is 1.43 bits per heavy atom. The van der Waals surface area contributed by atoms with Crippen molar-refractivity contribution in [1.82, 2.24) is 20.2 Å². The van der Waals surface area contributed by atoms with E-state index < -0.39 is 0 Å². The number of carbonyl (C=O) groups is 1. The fourth-order valence-electron chi connectivity index (χ4n) is 2.74. The number of rotatable bonds is 5. The van der Waals surface area contributed by atoms with Crippen LogP contribution >= 0.6 is 11.3 Å². The fourth-order valence-corrected chi connectivity index (χ4v) is 3.91. The topological polar surface area (TPSA) is 58.1 Å². The first-order valence-electron chi connectivity index (χ1n) is 7.96. The zero-order chi connectivity index (χ0) is 16.2. The number of carbonyl (C=O) groups excluding carboxylic acids is 1. The second-order valence-electron chi connectivity index (χ2n) is 6.14. The zero-order valence-corrected chi connectivity index (χ0v) is 14.4. The van der Waals surface area contributed by atoms with Crippen molar-refractivity contribution in [2.24, 2.45) is 5.92 Å². The summed E-state index contributed by atoms with van der Waals surface area (Å²) in [5.74, 6) is 0.243. The summed E-state index contributed by atoms with van der Waals surface area (Å²) in [5.41, 5.74) is 2.06. The van der Waals surface area contributed by atoms with E-state index in [9.17, 15) is 4.79 Å². The number of fused-ring (bicyclic) bond motifs is 1. The van der Waals surface area contributed by atoms with Crippen molar-refractivity contribution in [3.05, 3.63) is 35.0 Å². The third kappa shape index (κ3) is 3.95. The van der Waals surface area contributed by atoms with Gasteiger partial charge in [0, 0.05) is 30.1 Å². The van der Waals surface area contributed by atoms with Crippen molar-refractivity contribution in [3.8, 4) is 10.7 Å². The zero-order valence-electron chi connectivity index (χ0n) is 13.6. The normalized spacial score (nSPS) is 17.1. The van der Waals surface area contributed by atoms with Crippen LogP contribution in [-0.2, 0) is 17.6 Å². The summed E-state index contributed by atoms with van der Waals surface area (Å²) in [6, 6.07) is 5.87. The lowest BCUT2D eigenvalue weighted by molar-refractivity contribution is -0.125. The van der Waals surface area contributed by atoms with E-state index in [0.717, 1.165) is 42.2 Å². The number of pyridine rings is 1. The predicted molar refractivity (Wildman–Crippen MR) is 92.4 cm³/mol. The van der Waals surface area contributed by atoms with E-state index >= 15 is 0 Å². The molecule has 2 aromatic heterocycles. The maximum Gasteiger partial charge on any atom is 0.223 e. The smallest absolute Gasteiger partial charge is 0.223 e. The van der Waals surface area contributed by atoms with Gasteiger partial charge in [0.15, 0.2) is 0 Å². The van der Waals surface area contributed by atoms with Crippen LogP contribution in [0.3, 0.4) is 0 Å². The molecule has 1 unspecified atom stereocenters. The van der Waals surface area contributed by atoms with Gasteiger partial charge in [-0.15, -0.1) is 11.3 Å². The molecule has 6 heteroatoms. The second kappa shape index (κ2) is 7.19. The van der Waals surface area contributed by atoms with Crippen molar-refractivity contribution in [3.63, 3.8) is 0 Å². The van der Waals surface area contributed by atoms with Crippen LogP contribution in [0.15, 0.2) is 24.4 Å². The molecule has 2 aromatic rings. The highest BCUT2D eigenvalue weighted by atomic mass is 32.1. The molecule has 0 saturated carbocycles. The molecule has 0 fully saturated rings. The van der Waals surface area contributed by atoms with E-state index in [1.165, 1.54) is 4.88 Å². The number of nitrogens with one attached hydrogen (secondary N) is 1. The van der Waals surface area contributed by atoms with Crippen LogP contribution in [0.2, 0.25) is 0 Å². The van der Waals surface area contributed by atoms with Gasteiger partial charge < -0.3 is 10.2 Å². The van der Waals surface area contributed by atoms with Crippen molar-refractivity contribution >= 4 is 17.2 Å². The minimum Gasteiger partial charge on any atom is -0.355 e. The number of aromatic nitrogens is 2. The average molecular weight is 330 g/mol. The Bertz CT molecular complexity index is 668. The molecule has 2 heterocycles. The minimum absolute atomic E-state index is 0.0710. The molecule has 122 valence electrons. The van der Waals surface area contributed by atoms with Crippen molar-refractivity contribution in [2.75, 3.05) is 27.2 Å². The Morgan fingerprint density at radius 3 is 3.04 bits per heavy atom. The van der Waals surface area contributed by atoms with Gasteiger partial charge in [-0.2, -0.15) is 0 Å². The summed E-state index contributed by atoms with van der Waals surface area (Å²) in [6.07, 6.45) is 4.35. The fraction of sp³-hybridized carbons (Fsp3) is 0.471. The van der Waals surface area contributed by atoms with E-state index in [0.29, 0.717) is 6.54 Å². The van der Waals surface area contributed by atoms with Gasteiger partial charge in [-0.05, 0) is 45.5 Å². The summed E-state index contributed by atoms with van der Waals surface area (Å²) >= 11 is 1.68. The number of hydrogen-bond donors (Lipinski definition) is 1. The largest absolute Gasteiger partial charge is 0.355 e. The Morgan fingerprint density at radius 2 is 2.30 bits per heavy atom. The van der Waals surface area contributed by atoms with Gasteiger partial charge in [-0.25, -0.2) is 4.98 Å². The highest BCUT2D eigenvalue weighted by molar-refractivity contribution is 7.15. The van der Waals surface area contributed by atoms with Gasteiger partial charge in [0.1, 0.15) is 5.01 Å². The van der Waals surface area contributed by atoms with Crippen LogP contribution in [0.5, 0.6) is 0 Å². The van der Waals surface area contributed by atoms with Gasteiger partial charge in [0.05, 0.1) is 11.4 Å². The first-order valence-corrected chi connectivity index (χ1v) is 8.77. The Labute approximate surface area is 140 Å². The van der Waals surface area contributed by atoms with Crippen LogP contribution in [0, 0.1) is 5.92 Å². The van der Waals surface area contributed by atoms with Gasteiger partial charge in [-0.3, -0.25) is 9.78 Å². The van der Waals surface area contributed by atoms with E-state index in [1.807, 2.05) is 32.3 Å². The van der Waals surface area contributed by atoms with Crippen molar-refractivity contribution in [1.29, 1.82) is 0 Å². The molecule has 1 aliphatic carbocycles. The van der Waals surface area contributed by atoms with Crippen LogP contribution in [0.1, 0.15) is 17.0 Å². The molecule has 5 nitrogen and oxygen atoms in total. The molecule has 1 aliphatic rings. The molecule has 3 rings (SSSR count). The summed E-state index contributed by atoms with van der Waals surface area (Å²) in [5, 5.41) is 4.01. The van der Waals surface area contributed by atoms with Crippen LogP contribution in [0.4, 0.5) is 0 Å². The van der Waals surface area contributed by atoms with Crippen molar-refractivity contribution in [2.45, 2.75) is 19.3 Å². The van der Waals surface area contributed by atoms with Gasteiger partial charge in [0.25, 0.3) is 0 Å². The first kappa shape index (κ1) is 16.1. The first-order chi connectivity index (χ1) is 11.1. The highest BCUT2D eigenvalue weighted by Crippen LogP contribution is 2.33. The lowest BCUT2D eigenvalue weighted by atomic mass is 9.90. The standard InChI is InChI=1S/C17H22N4OS/c1-21(2)10-9-19-16(22)12-6-7-13-15(11-12)23-17(20-13)14-5-3-4-8-18-14/h3-5,8,12H,6-7,9-11H2,1-2H3,(H,19,22). The quantitative estimate of drug-likeness (QED) is 0.911. The Balaban J connectivity index is 1.64. The molecule has 0 radical (unpaired) electrons. The molecule has 1 N–H and O–H groups in total. The molecule has 23 heavy (non-hydrogen) atoms. The predicted octanol–water partition coefficient (Wildman–Crippen LogP) is 1.99. The number of aryl methyl sites for hydroxylation is 1. The second-order valence-corrected chi connectivity index (χ2v) is 7.22. The van der Waals surface area contributed by atoms with E-state index in [2.05, 4.69) is 15.2 Å². The monoisotopic (exact) mass is 330 g/mol. The molecule has 1 amide bonds. The molecule has 0 bridgehead atoms. The number of hydrogen-bond acceptors (Lipinski definition) is 5. The Kier molecular flexibility index (Phi) is 5.03. The maximum atomic E-state index is 12.3. The lowest BCUT2D eigenvalue weighted by Crippen LogP contribution is -2.37. The molecule has 0 saturated heterocycles. The number of nitrogens with zero attached hydrogens (tertiary/aromatic N) is 3. The molecule has 0 spiro atoms. The van der Waals surface area contributed by atoms with Gasteiger partial charge in [-0.1, -0.05) is 6.07 Å². The number of amides is 1. The summed E-state index contributed by atoms with van der Waals surface area (Å²) in [6.45, 7) is 1.57. The highest BCUT2D eigenvalue weighted by Gasteiger charge is 2.27.